The standard InChI is InChI=1S/C18H18N4O3/c1-22-7-6-11(8-15(22)23)20-16(24)14-9-18(17(25)21-14)10-19-13-5-3-2-4-12(13)18/h2-8,14,19H,9-10H2,1H3,(H,20,24)(H,21,25). The molecule has 128 valence electrons. The Morgan fingerprint density at radius 2 is 2.08 bits per heavy atom. The van der Waals surface area contributed by atoms with Crippen LogP contribution in [0.15, 0.2) is 47.4 Å². The SMILES string of the molecule is Cn1ccc(NC(=O)C2CC3(CNc4ccccc43)C(=O)N2)cc1=O. The number of anilines is 2. The Hall–Kier alpha value is -3.09. The van der Waals surface area contributed by atoms with Crippen molar-refractivity contribution in [3.63, 3.8) is 0 Å². The van der Waals surface area contributed by atoms with Crippen molar-refractivity contribution in [1.82, 2.24) is 9.88 Å². The second-order valence-corrected chi connectivity index (χ2v) is 6.57. The summed E-state index contributed by atoms with van der Waals surface area (Å²) in [7, 11) is 1.64. The van der Waals surface area contributed by atoms with E-state index in [1.165, 1.54) is 10.6 Å². The van der Waals surface area contributed by atoms with E-state index in [9.17, 15) is 14.4 Å². The van der Waals surface area contributed by atoms with Crippen molar-refractivity contribution in [2.75, 3.05) is 17.2 Å². The summed E-state index contributed by atoms with van der Waals surface area (Å²) in [6, 6.07) is 10.0. The Bertz CT molecular complexity index is 936. The van der Waals surface area contributed by atoms with Crippen LogP contribution >= 0.6 is 0 Å². The molecule has 0 saturated carbocycles. The van der Waals surface area contributed by atoms with Crippen molar-refractivity contribution >= 4 is 23.2 Å². The quantitative estimate of drug-likeness (QED) is 0.747. The maximum Gasteiger partial charge on any atom is 0.252 e. The zero-order chi connectivity index (χ0) is 17.6. The van der Waals surface area contributed by atoms with Crippen molar-refractivity contribution in [2.24, 2.45) is 7.05 Å². The molecule has 2 aromatic rings. The number of para-hydroxylation sites is 1. The van der Waals surface area contributed by atoms with Crippen LogP contribution in [0.2, 0.25) is 0 Å². The lowest BCUT2D eigenvalue weighted by molar-refractivity contribution is -0.125. The summed E-state index contributed by atoms with van der Waals surface area (Å²) >= 11 is 0. The number of rotatable bonds is 2. The van der Waals surface area contributed by atoms with E-state index in [0.29, 0.717) is 18.7 Å². The number of nitrogens with zero attached hydrogens (tertiary/aromatic N) is 1. The predicted molar refractivity (Wildman–Crippen MR) is 93.5 cm³/mol. The number of carbonyl (C=O) groups excluding carboxylic acids is 2. The molecule has 0 radical (unpaired) electrons. The van der Waals surface area contributed by atoms with Gasteiger partial charge in [0.2, 0.25) is 11.8 Å². The van der Waals surface area contributed by atoms with Gasteiger partial charge in [-0.1, -0.05) is 18.2 Å². The number of aryl methyl sites for hydroxylation is 1. The summed E-state index contributed by atoms with van der Waals surface area (Å²) in [6.45, 7) is 0.480. The molecule has 25 heavy (non-hydrogen) atoms. The number of benzene rings is 1. The van der Waals surface area contributed by atoms with Gasteiger partial charge in [0, 0.05) is 37.2 Å². The van der Waals surface area contributed by atoms with Crippen molar-refractivity contribution in [1.29, 1.82) is 0 Å². The molecule has 1 spiro atoms. The molecule has 0 bridgehead atoms. The molecule has 3 heterocycles. The van der Waals surface area contributed by atoms with Gasteiger partial charge >= 0.3 is 0 Å². The number of hydrogen-bond acceptors (Lipinski definition) is 4. The molecule has 2 atom stereocenters. The zero-order valence-electron chi connectivity index (χ0n) is 13.7. The Morgan fingerprint density at radius 3 is 2.88 bits per heavy atom. The molecule has 1 aromatic carbocycles. The van der Waals surface area contributed by atoms with Gasteiger partial charge in [0.15, 0.2) is 0 Å². The third-order valence-electron chi connectivity index (χ3n) is 5.00. The topological polar surface area (TPSA) is 92.2 Å². The molecule has 0 aliphatic carbocycles. The van der Waals surface area contributed by atoms with Crippen LogP contribution in [0.1, 0.15) is 12.0 Å². The normalized spacial score (nSPS) is 23.9. The van der Waals surface area contributed by atoms with E-state index in [4.69, 9.17) is 0 Å². The molecule has 7 heteroatoms. The first kappa shape index (κ1) is 15.4. The Morgan fingerprint density at radius 1 is 1.28 bits per heavy atom. The zero-order valence-corrected chi connectivity index (χ0v) is 13.7. The average molecular weight is 338 g/mol. The summed E-state index contributed by atoms with van der Waals surface area (Å²) in [5.74, 6) is -0.461. The van der Waals surface area contributed by atoms with E-state index < -0.39 is 11.5 Å². The molecule has 3 N–H and O–H groups in total. The molecular weight excluding hydrogens is 320 g/mol. The van der Waals surface area contributed by atoms with E-state index >= 15 is 0 Å². The fourth-order valence-electron chi connectivity index (χ4n) is 3.58. The van der Waals surface area contributed by atoms with E-state index in [1.54, 1.807) is 19.3 Å². The Balaban J connectivity index is 1.56. The van der Waals surface area contributed by atoms with Crippen molar-refractivity contribution < 1.29 is 9.59 Å². The summed E-state index contributed by atoms with van der Waals surface area (Å²) in [5.41, 5.74) is 1.36. The molecule has 1 saturated heterocycles. The second-order valence-electron chi connectivity index (χ2n) is 6.57. The van der Waals surface area contributed by atoms with Crippen LogP contribution in [0.3, 0.4) is 0 Å². The molecule has 2 aliphatic rings. The van der Waals surface area contributed by atoms with Gasteiger partial charge in [-0.25, -0.2) is 0 Å². The maximum absolute atomic E-state index is 12.6. The third-order valence-corrected chi connectivity index (χ3v) is 5.00. The largest absolute Gasteiger partial charge is 0.383 e. The first-order valence-electron chi connectivity index (χ1n) is 8.11. The average Bonchev–Trinajstić information content (AvgIpc) is 3.14. The minimum Gasteiger partial charge on any atom is -0.383 e. The summed E-state index contributed by atoms with van der Waals surface area (Å²) in [4.78, 5) is 36.9. The highest BCUT2D eigenvalue weighted by molar-refractivity contribution is 6.03. The number of hydrogen-bond donors (Lipinski definition) is 3. The van der Waals surface area contributed by atoms with Crippen LogP contribution in [0.4, 0.5) is 11.4 Å². The van der Waals surface area contributed by atoms with E-state index in [-0.39, 0.29) is 17.4 Å². The number of aromatic nitrogens is 1. The highest BCUT2D eigenvalue weighted by Crippen LogP contribution is 2.43. The first-order valence-corrected chi connectivity index (χ1v) is 8.11. The number of fused-ring (bicyclic) bond motifs is 2. The molecule has 7 nitrogen and oxygen atoms in total. The van der Waals surface area contributed by atoms with Crippen LogP contribution in [0.25, 0.3) is 0 Å². The second kappa shape index (κ2) is 5.47. The third kappa shape index (κ3) is 2.39. The van der Waals surface area contributed by atoms with Gasteiger partial charge in [0.25, 0.3) is 5.56 Å². The number of nitrogens with one attached hydrogen (secondary N) is 3. The maximum atomic E-state index is 12.6. The summed E-state index contributed by atoms with van der Waals surface area (Å²) < 4.78 is 1.42. The van der Waals surface area contributed by atoms with Crippen molar-refractivity contribution in [3.05, 3.63) is 58.5 Å². The summed E-state index contributed by atoms with van der Waals surface area (Å²) in [6.07, 6.45) is 1.97. The van der Waals surface area contributed by atoms with Gasteiger partial charge in [-0.15, -0.1) is 0 Å². The molecule has 2 aliphatic heterocycles. The minimum atomic E-state index is -0.717. The molecular formula is C18H18N4O3. The Labute approximate surface area is 144 Å². The van der Waals surface area contributed by atoms with Crippen LogP contribution in [0, 0.1) is 0 Å². The summed E-state index contributed by atoms with van der Waals surface area (Å²) in [5, 5.41) is 8.76. The van der Waals surface area contributed by atoms with Crippen LogP contribution in [0.5, 0.6) is 0 Å². The van der Waals surface area contributed by atoms with Gasteiger partial charge in [0.1, 0.15) is 6.04 Å². The number of carbonyl (C=O) groups is 2. The molecule has 2 unspecified atom stereocenters. The van der Waals surface area contributed by atoms with Crippen molar-refractivity contribution in [2.45, 2.75) is 17.9 Å². The highest BCUT2D eigenvalue weighted by Gasteiger charge is 2.53. The Kier molecular flexibility index (Phi) is 3.38. The fourth-order valence-corrected chi connectivity index (χ4v) is 3.58. The monoisotopic (exact) mass is 338 g/mol. The van der Waals surface area contributed by atoms with E-state index in [0.717, 1.165) is 11.3 Å². The highest BCUT2D eigenvalue weighted by atomic mass is 16.2. The molecule has 1 fully saturated rings. The van der Waals surface area contributed by atoms with Crippen LogP contribution in [-0.4, -0.2) is 29.0 Å². The lowest BCUT2D eigenvalue weighted by atomic mass is 9.79. The minimum absolute atomic E-state index is 0.144. The van der Waals surface area contributed by atoms with Crippen molar-refractivity contribution in [3.8, 4) is 0 Å². The lowest BCUT2D eigenvalue weighted by Crippen LogP contribution is -2.39. The van der Waals surface area contributed by atoms with Gasteiger partial charge in [-0.3, -0.25) is 14.4 Å². The molecule has 4 rings (SSSR count). The number of amides is 2. The van der Waals surface area contributed by atoms with Gasteiger partial charge in [-0.2, -0.15) is 0 Å². The van der Waals surface area contributed by atoms with Gasteiger partial charge in [0.05, 0.1) is 5.41 Å². The fraction of sp³-hybridized carbons (Fsp3) is 0.278. The first-order chi connectivity index (χ1) is 12.0. The van der Waals surface area contributed by atoms with Crippen LogP contribution < -0.4 is 21.5 Å². The lowest BCUT2D eigenvalue weighted by Gasteiger charge is -2.19. The van der Waals surface area contributed by atoms with E-state index in [1.807, 2.05) is 24.3 Å². The molecule has 2 amide bonds. The van der Waals surface area contributed by atoms with Gasteiger partial charge < -0.3 is 20.5 Å². The van der Waals surface area contributed by atoms with Gasteiger partial charge in [-0.05, 0) is 24.1 Å². The van der Waals surface area contributed by atoms with Crippen LogP contribution in [-0.2, 0) is 22.1 Å². The smallest absolute Gasteiger partial charge is 0.252 e. The molecule has 1 aromatic heterocycles. The number of pyridine rings is 1. The predicted octanol–water partition coefficient (Wildman–Crippen LogP) is 0.576. The van der Waals surface area contributed by atoms with E-state index in [2.05, 4.69) is 16.0 Å².